The maximum Gasteiger partial charge on any atom is 0.216 e. The molecular weight excluding hydrogens is 194 g/mol. The van der Waals surface area contributed by atoms with Crippen molar-refractivity contribution in [3.05, 3.63) is 18.1 Å². The number of aliphatic imine (C=N–C) groups is 1. The van der Waals surface area contributed by atoms with E-state index in [1.165, 1.54) is 0 Å². The van der Waals surface area contributed by atoms with E-state index in [1.54, 1.807) is 24.3 Å². The molecule has 15 heavy (non-hydrogen) atoms. The van der Waals surface area contributed by atoms with Crippen LogP contribution in [0.3, 0.4) is 0 Å². The molecule has 0 spiro atoms. The van der Waals surface area contributed by atoms with Gasteiger partial charge < -0.3 is 15.4 Å². The monoisotopic (exact) mass is 209 g/mol. The highest BCUT2D eigenvalue weighted by atomic mass is 16.5. The van der Waals surface area contributed by atoms with Gasteiger partial charge in [-0.25, -0.2) is 9.98 Å². The van der Waals surface area contributed by atoms with Crippen LogP contribution in [0.25, 0.3) is 0 Å². The van der Waals surface area contributed by atoms with Gasteiger partial charge in [-0.05, 0) is 0 Å². The normalized spacial score (nSPS) is 11.3. The Hall–Kier alpha value is -1.85. The number of aromatic nitrogens is 2. The summed E-state index contributed by atoms with van der Waals surface area (Å²) in [5.41, 5.74) is 5.62. The van der Waals surface area contributed by atoms with Crippen LogP contribution in [0.5, 0.6) is 5.88 Å². The molecule has 6 heteroatoms. The summed E-state index contributed by atoms with van der Waals surface area (Å²) in [5.74, 6) is 1.55. The molecule has 0 radical (unpaired) electrons. The molecule has 0 saturated carbocycles. The maximum atomic E-state index is 5.62. The van der Waals surface area contributed by atoms with Crippen molar-refractivity contribution in [3.63, 3.8) is 0 Å². The van der Waals surface area contributed by atoms with E-state index >= 15 is 0 Å². The van der Waals surface area contributed by atoms with E-state index in [0.29, 0.717) is 24.2 Å². The van der Waals surface area contributed by atoms with Crippen molar-refractivity contribution >= 4 is 5.96 Å². The van der Waals surface area contributed by atoms with E-state index in [-0.39, 0.29) is 0 Å². The molecule has 1 aromatic heterocycles. The van der Waals surface area contributed by atoms with Crippen LogP contribution < -0.4 is 10.5 Å². The highest BCUT2D eigenvalue weighted by molar-refractivity contribution is 5.77. The number of nitrogens with zero attached hydrogens (tertiary/aromatic N) is 4. The molecule has 0 aromatic carbocycles. The van der Waals surface area contributed by atoms with Crippen molar-refractivity contribution in [1.82, 2.24) is 14.9 Å². The fraction of sp³-hybridized carbons (Fsp3) is 0.444. The zero-order chi connectivity index (χ0) is 11.3. The summed E-state index contributed by atoms with van der Waals surface area (Å²) in [6.07, 6.45) is 1.63. The minimum atomic E-state index is 0.348. The third kappa shape index (κ3) is 3.41. The lowest BCUT2D eigenvalue weighted by molar-refractivity contribution is 0.394. The molecule has 1 aromatic rings. The Labute approximate surface area is 88.8 Å². The first-order valence-electron chi connectivity index (χ1n) is 4.46. The van der Waals surface area contributed by atoms with Crippen molar-refractivity contribution in [2.24, 2.45) is 10.7 Å². The Bertz CT molecular complexity index is 350. The molecule has 0 fully saturated rings. The first-order chi connectivity index (χ1) is 7.13. The quantitative estimate of drug-likeness (QED) is 0.554. The predicted molar refractivity (Wildman–Crippen MR) is 57.6 cm³/mol. The molecule has 82 valence electrons. The van der Waals surface area contributed by atoms with Gasteiger partial charge >= 0.3 is 0 Å². The van der Waals surface area contributed by atoms with Gasteiger partial charge in [-0.3, -0.25) is 0 Å². The summed E-state index contributed by atoms with van der Waals surface area (Å²) in [6, 6.07) is 1.68. The van der Waals surface area contributed by atoms with E-state index in [9.17, 15) is 0 Å². The lowest BCUT2D eigenvalue weighted by Gasteiger charge is -2.09. The van der Waals surface area contributed by atoms with Gasteiger partial charge in [-0.1, -0.05) is 0 Å². The molecule has 6 nitrogen and oxygen atoms in total. The van der Waals surface area contributed by atoms with E-state index in [2.05, 4.69) is 15.0 Å². The fourth-order valence-corrected chi connectivity index (χ4v) is 0.863. The molecule has 2 N–H and O–H groups in total. The summed E-state index contributed by atoms with van der Waals surface area (Å²) in [5, 5.41) is 0. The number of guanidine groups is 1. The minimum absolute atomic E-state index is 0.348. The van der Waals surface area contributed by atoms with Crippen LogP contribution in [0.2, 0.25) is 0 Å². The summed E-state index contributed by atoms with van der Waals surface area (Å²) >= 11 is 0. The predicted octanol–water partition coefficient (Wildman–Crippen LogP) is -0.138. The number of rotatable bonds is 3. The average Bonchev–Trinajstić information content (AvgIpc) is 2.26. The highest BCUT2D eigenvalue weighted by Crippen LogP contribution is 2.04. The van der Waals surface area contributed by atoms with Crippen molar-refractivity contribution in [2.45, 2.75) is 6.54 Å². The third-order valence-corrected chi connectivity index (χ3v) is 1.73. The van der Waals surface area contributed by atoms with Crippen LogP contribution in [-0.4, -0.2) is 42.0 Å². The lowest BCUT2D eigenvalue weighted by atomic mass is 10.5. The van der Waals surface area contributed by atoms with Gasteiger partial charge in [-0.2, -0.15) is 4.98 Å². The first kappa shape index (κ1) is 11.2. The van der Waals surface area contributed by atoms with Crippen LogP contribution in [0.1, 0.15) is 5.82 Å². The standard InChI is InChI=1S/C9H15N5O/c1-14(2)9(10)12-6-7-11-5-4-8(13-7)15-3/h4-5H,6H2,1-3H3,(H2,10,12). The summed E-state index contributed by atoms with van der Waals surface area (Å²) in [4.78, 5) is 14.0. The number of hydrogen-bond acceptors (Lipinski definition) is 4. The zero-order valence-corrected chi connectivity index (χ0v) is 9.14. The second kappa shape index (κ2) is 5.14. The number of methoxy groups -OCH3 is 1. The van der Waals surface area contributed by atoms with E-state index < -0.39 is 0 Å². The summed E-state index contributed by atoms with van der Waals surface area (Å²) in [7, 11) is 5.21. The van der Waals surface area contributed by atoms with Crippen LogP contribution in [0, 0.1) is 0 Å². The number of ether oxygens (including phenoxy) is 1. The third-order valence-electron chi connectivity index (χ3n) is 1.73. The Morgan fingerprint density at radius 1 is 1.60 bits per heavy atom. The van der Waals surface area contributed by atoms with Crippen LogP contribution in [0.4, 0.5) is 0 Å². The average molecular weight is 209 g/mol. The molecule has 0 bridgehead atoms. The van der Waals surface area contributed by atoms with Gasteiger partial charge in [0.15, 0.2) is 11.8 Å². The molecule has 0 amide bonds. The van der Waals surface area contributed by atoms with Gasteiger partial charge in [0, 0.05) is 26.4 Å². The minimum Gasteiger partial charge on any atom is -0.481 e. The summed E-state index contributed by atoms with van der Waals surface area (Å²) < 4.78 is 4.97. The van der Waals surface area contributed by atoms with Crippen molar-refractivity contribution < 1.29 is 4.74 Å². The summed E-state index contributed by atoms with van der Waals surface area (Å²) in [6.45, 7) is 0.348. The molecule has 0 unspecified atom stereocenters. The van der Waals surface area contributed by atoms with Gasteiger partial charge in [0.1, 0.15) is 6.54 Å². The molecule has 0 aliphatic heterocycles. The maximum absolute atomic E-state index is 5.62. The zero-order valence-electron chi connectivity index (χ0n) is 9.14. The Balaban J connectivity index is 2.69. The van der Waals surface area contributed by atoms with Gasteiger partial charge in [0.05, 0.1) is 7.11 Å². The van der Waals surface area contributed by atoms with Gasteiger partial charge in [0.2, 0.25) is 5.88 Å². The fourth-order valence-electron chi connectivity index (χ4n) is 0.863. The largest absolute Gasteiger partial charge is 0.481 e. The molecule has 0 atom stereocenters. The van der Waals surface area contributed by atoms with Crippen molar-refractivity contribution in [1.29, 1.82) is 0 Å². The topological polar surface area (TPSA) is 76.6 Å². The lowest BCUT2D eigenvalue weighted by Crippen LogP contribution is -2.30. The molecule has 0 aliphatic carbocycles. The SMILES string of the molecule is COc1ccnc(CN=C(N)N(C)C)n1. The smallest absolute Gasteiger partial charge is 0.216 e. The number of hydrogen-bond donors (Lipinski definition) is 1. The Morgan fingerprint density at radius 2 is 2.33 bits per heavy atom. The van der Waals surface area contributed by atoms with E-state index in [4.69, 9.17) is 10.5 Å². The molecule has 1 rings (SSSR count). The van der Waals surface area contributed by atoms with Crippen LogP contribution in [-0.2, 0) is 6.54 Å². The highest BCUT2D eigenvalue weighted by Gasteiger charge is 1.99. The molecular formula is C9H15N5O. The Kier molecular flexibility index (Phi) is 3.84. The molecule has 0 aliphatic rings. The molecule has 0 saturated heterocycles. The van der Waals surface area contributed by atoms with E-state index in [1.807, 2.05) is 14.1 Å². The van der Waals surface area contributed by atoms with Crippen molar-refractivity contribution in [3.8, 4) is 5.88 Å². The van der Waals surface area contributed by atoms with Crippen molar-refractivity contribution in [2.75, 3.05) is 21.2 Å². The van der Waals surface area contributed by atoms with Gasteiger partial charge in [-0.15, -0.1) is 0 Å². The van der Waals surface area contributed by atoms with E-state index in [0.717, 1.165) is 0 Å². The second-order valence-corrected chi connectivity index (χ2v) is 3.08. The van der Waals surface area contributed by atoms with Gasteiger partial charge in [0.25, 0.3) is 0 Å². The Morgan fingerprint density at radius 3 is 2.93 bits per heavy atom. The second-order valence-electron chi connectivity index (χ2n) is 3.08. The van der Waals surface area contributed by atoms with Crippen LogP contribution >= 0.6 is 0 Å². The van der Waals surface area contributed by atoms with Crippen LogP contribution in [0.15, 0.2) is 17.3 Å². The number of nitrogens with two attached hydrogens (primary N) is 1. The molecule has 1 heterocycles. The first-order valence-corrected chi connectivity index (χ1v) is 4.46.